The fourth-order valence-electron chi connectivity index (χ4n) is 0.605. The predicted molar refractivity (Wildman–Crippen MR) is 52.7 cm³/mol. The van der Waals surface area contributed by atoms with Crippen LogP contribution in [0.5, 0.6) is 0 Å². The molecule has 0 aromatic heterocycles. The Hall–Kier alpha value is -1.10. The maximum atomic E-state index is 10.9. The Kier molecular flexibility index (Phi) is 3.65. The molecule has 0 fully saturated rings. The molecule has 0 unspecified atom stereocenters. The van der Waals surface area contributed by atoms with Gasteiger partial charge in [0.25, 0.3) is 0 Å². The average molecular weight is 202 g/mol. The third-order valence-electron chi connectivity index (χ3n) is 2.17. The van der Waals surface area contributed by atoms with E-state index in [2.05, 4.69) is 5.32 Å². The van der Waals surface area contributed by atoms with Gasteiger partial charge in [-0.3, -0.25) is 9.59 Å². The van der Waals surface area contributed by atoms with Crippen LogP contribution in [-0.2, 0) is 9.59 Å². The molecule has 0 aliphatic heterocycles. The van der Waals surface area contributed by atoms with E-state index in [1.54, 1.807) is 27.7 Å². The Balaban J connectivity index is 4.32. The largest absolute Gasteiger partial charge is 0.481 e. The molecule has 4 N–H and O–H groups in total. The van der Waals surface area contributed by atoms with Crippen LogP contribution in [0.25, 0.3) is 0 Å². The van der Waals surface area contributed by atoms with Gasteiger partial charge >= 0.3 is 5.97 Å². The zero-order valence-corrected chi connectivity index (χ0v) is 9.05. The molecule has 0 aliphatic rings. The van der Waals surface area contributed by atoms with Gasteiger partial charge in [0.2, 0.25) is 5.91 Å². The first-order valence-electron chi connectivity index (χ1n) is 4.38. The Morgan fingerprint density at radius 1 is 1.29 bits per heavy atom. The van der Waals surface area contributed by atoms with E-state index in [0.29, 0.717) is 0 Å². The van der Waals surface area contributed by atoms with Gasteiger partial charge in [-0.05, 0) is 27.7 Å². The Morgan fingerprint density at radius 3 is 2.00 bits per heavy atom. The van der Waals surface area contributed by atoms with Gasteiger partial charge in [-0.15, -0.1) is 0 Å². The maximum absolute atomic E-state index is 10.9. The highest BCUT2D eigenvalue weighted by Gasteiger charge is 2.32. The monoisotopic (exact) mass is 202 g/mol. The highest BCUT2D eigenvalue weighted by Crippen LogP contribution is 2.15. The van der Waals surface area contributed by atoms with E-state index in [1.165, 1.54) is 0 Å². The first kappa shape index (κ1) is 12.9. The minimum atomic E-state index is -0.912. The number of carbonyl (C=O) groups excluding carboxylic acids is 1. The third kappa shape index (κ3) is 3.33. The summed E-state index contributed by atoms with van der Waals surface area (Å²) in [5.41, 5.74) is 3.33. The second-order valence-corrected chi connectivity index (χ2v) is 4.53. The number of nitrogens with two attached hydrogens (primary N) is 1. The lowest BCUT2D eigenvalue weighted by Crippen LogP contribution is -2.54. The fourth-order valence-corrected chi connectivity index (χ4v) is 0.605. The van der Waals surface area contributed by atoms with E-state index in [9.17, 15) is 9.59 Å². The molecule has 0 radical (unpaired) electrons. The molecule has 0 aromatic carbocycles. The molecule has 5 nitrogen and oxygen atoms in total. The Morgan fingerprint density at radius 2 is 1.71 bits per heavy atom. The van der Waals surface area contributed by atoms with E-state index in [0.717, 1.165) is 0 Å². The molecule has 0 saturated heterocycles. The minimum Gasteiger partial charge on any atom is -0.481 e. The molecule has 0 atom stereocenters. The van der Waals surface area contributed by atoms with Crippen LogP contribution in [0.4, 0.5) is 0 Å². The first-order chi connectivity index (χ1) is 6.09. The summed E-state index contributed by atoms with van der Waals surface area (Å²) in [5, 5.41) is 11.6. The van der Waals surface area contributed by atoms with Gasteiger partial charge in [0, 0.05) is 6.54 Å². The summed E-state index contributed by atoms with van der Waals surface area (Å²) < 4.78 is 0. The lowest BCUT2D eigenvalue weighted by Gasteiger charge is -2.27. The van der Waals surface area contributed by atoms with E-state index in [-0.39, 0.29) is 6.54 Å². The highest BCUT2D eigenvalue weighted by atomic mass is 16.4. The molecule has 5 heteroatoms. The Bertz CT molecular complexity index is 220. The van der Waals surface area contributed by atoms with E-state index < -0.39 is 22.8 Å². The second-order valence-electron chi connectivity index (χ2n) is 4.53. The number of hydrogen-bond acceptors (Lipinski definition) is 3. The maximum Gasteiger partial charge on any atom is 0.310 e. The summed E-state index contributed by atoms with van der Waals surface area (Å²) in [6.07, 6.45) is 0. The zero-order chi connectivity index (χ0) is 11.6. The number of rotatable bonds is 5. The van der Waals surface area contributed by atoms with Crippen molar-refractivity contribution in [2.24, 2.45) is 11.1 Å². The number of hydrogen-bond donors (Lipinski definition) is 3. The van der Waals surface area contributed by atoms with Crippen LogP contribution in [0.15, 0.2) is 0 Å². The molecule has 0 aliphatic carbocycles. The number of amides is 1. The second kappa shape index (κ2) is 3.96. The van der Waals surface area contributed by atoms with Crippen LogP contribution < -0.4 is 11.1 Å². The van der Waals surface area contributed by atoms with Crippen LogP contribution in [0.1, 0.15) is 27.7 Å². The van der Waals surface area contributed by atoms with Crippen LogP contribution in [0, 0.1) is 5.41 Å². The molecule has 0 saturated carbocycles. The van der Waals surface area contributed by atoms with Crippen molar-refractivity contribution in [3.8, 4) is 0 Å². The standard InChI is InChI=1S/C9H18N2O3/c1-8(2,7(13)14)5-11-9(3,4)6(10)12/h11H,5H2,1-4H3,(H2,10,12)(H,13,14). The summed E-state index contributed by atoms with van der Waals surface area (Å²) >= 11 is 0. The van der Waals surface area contributed by atoms with Crippen molar-refractivity contribution in [3.63, 3.8) is 0 Å². The van der Waals surface area contributed by atoms with Crippen molar-refractivity contribution < 1.29 is 14.7 Å². The number of nitrogens with one attached hydrogen (secondary N) is 1. The minimum absolute atomic E-state index is 0.193. The van der Waals surface area contributed by atoms with Crippen molar-refractivity contribution in [1.29, 1.82) is 0 Å². The summed E-state index contributed by atoms with van der Waals surface area (Å²) in [5.74, 6) is -1.41. The predicted octanol–water partition coefficient (Wildman–Crippen LogP) is -0.0493. The SMILES string of the molecule is CC(C)(CNC(C)(C)C(N)=O)C(=O)O. The fraction of sp³-hybridized carbons (Fsp3) is 0.778. The third-order valence-corrected chi connectivity index (χ3v) is 2.17. The van der Waals surface area contributed by atoms with E-state index in [4.69, 9.17) is 10.8 Å². The molecule has 82 valence electrons. The summed E-state index contributed by atoms with van der Waals surface area (Å²) in [6, 6.07) is 0. The molecule has 0 rings (SSSR count). The summed E-state index contributed by atoms with van der Waals surface area (Å²) in [6.45, 7) is 6.59. The van der Waals surface area contributed by atoms with Crippen LogP contribution in [0.2, 0.25) is 0 Å². The molecule has 0 aromatic rings. The molecule has 0 spiro atoms. The number of carbonyl (C=O) groups is 2. The normalized spacial score (nSPS) is 12.6. The topological polar surface area (TPSA) is 92.4 Å². The van der Waals surface area contributed by atoms with Gasteiger partial charge in [-0.25, -0.2) is 0 Å². The Labute approximate surface area is 83.7 Å². The molecular weight excluding hydrogens is 184 g/mol. The molecular formula is C9H18N2O3. The number of aliphatic carboxylic acids is 1. The van der Waals surface area contributed by atoms with Gasteiger partial charge in [0.15, 0.2) is 0 Å². The van der Waals surface area contributed by atoms with E-state index >= 15 is 0 Å². The number of carboxylic acids is 1. The zero-order valence-electron chi connectivity index (χ0n) is 9.05. The quantitative estimate of drug-likeness (QED) is 0.582. The van der Waals surface area contributed by atoms with Crippen LogP contribution >= 0.6 is 0 Å². The van der Waals surface area contributed by atoms with Crippen molar-refractivity contribution in [1.82, 2.24) is 5.32 Å². The van der Waals surface area contributed by atoms with Gasteiger partial charge in [-0.2, -0.15) is 0 Å². The summed E-state index contributed by atoms with van der Waals surface area (Å²) in [7, 11) is 0. The van der Waals surface area contributed by atoms with Gasteiger partial charge in [0.05, 0.1) is 11.0 Å². The number of carboxylic acid groups (broad SMARTS) is 1. The van der Waals surface area contributed by atoms with Gasteiger partial charge < -0.3 is 16.2 Å². The first-order valence-corrected chi connectivity index (χ1v) is 4.38. The smallest absolute Gasteiger partial charge is 0.310 e. The van der Waals surface area contributed by atoms with Crippen molar-refractivity contribution in [2.75, 3.05) is 6.54 Å². The number of primary amides is 1. The van der Waals surface area contributed by atoms with Crippen molar-refractivity contribution in [2.45, 2.75) is 33.2 Å². The molecule has 0 bridgehead atoms. The summed E-state index contributed by atoms with van der Waals surface area (Å²) in [4.78, 5) is 21.7. The van der Waals surface area contributed by atoms with Crippen LogP contribution in [-0.4, -0.2) is 29.1 Å². The van der Waals surface area contributed by atoms with E-state index in [1.807, 2.05) is 0 Å². The van der Waals surface area contributed by atoms with Gasteiger partial charge in [0.1, 0.15) is 0 Å². The van der Waals surface area contributed by atoms with Crippen molar-refractivity contribution in [3.05, 3.63) is 0 Å². The lowest BCUT2D eigenvalue weighted by molar-refractivity contribution is -0.147. The molecule has 1 amide bonds. The average Bonchev–Trinajstić information content (AvgIpc) is 2.01. The van der Waals surface area contributed by atoms with Crippen LogP contribution in [0.3, 0.4) is 0 Å². The van der Waals surface area contributed by atoms with Crippen molar-refractivity contribution >= 4 is 11.9 Å². The molecule has 14 heavy (non-hydrogen) atoms. The van der Waals surface area contributed by atoms with Gasteiger partial charge in [-0.1, -0.05) is 0 Å². The molecule has 0 heterocycles. The lowest BCUT2D eigenvalue weighted by atomic mass is 9.92. The highest BCUT2D eigenvalue weighted by molar-refractivity contribution is 5.83.